The SMILES string of the molecule is OCCC#Cc1ccccc1COc1c(F)cccc1Cl. The van der Waals surface area contributed by atoms with Crippen LogP contribution in [0.4, 0.5) is 4.39 Å². The number of aliphatic hydroxyl groups is 1. The minimum Gasteiger partial charge on any atom is -0.484 e. The number of para-hydroxylation sites is 1. The largest absolute Gasteiger partial charge is 0.484 e. The van der Waals surface area contributed by atoms with Crippen LogP contribution in [0.25, 0.3) is 0 Å². The molecule has 108 valence electrons. The molecule has 2 aromatic carbocycles. The average molecular weight is 305 g/mol. The molecule has 2 aromatic rings. The van der Waals surface area contributed by atoms with Crippen LogP contribution in [0.3, 0.4) is 0 Å². The number of benzene rings is 2. The summed E-state index contributed by atoms with van der Waals surface area (Å²) in [5.74, 6) is 5.36. The Balaban J connectivity index is 2.16. The van der Waals surface area contributed by atoms with Crippen molar-refractivity contribution in [1.82, 2.24) is 0 Å². The highest BCUT2D eigenvalue weighted by molar-refractivity contribution is 6.32. The van der Waals surface area contributed by atoms with Crippen LogP contribution >= 0.6 is 11.6 Å². The summed E-state index contributed by atoms with van der Waals surface area (Å²) in [6, 6.07) is 11.8. The number of hydrogen-bond donors (Lipinski definition) is 1. The van der Waals surface area contributed by atoms with E-state index >= 15 is 0 Å². The van der Waals surface area contributed by atoms with E-state index in [-0.39, 0.29) is 24.0 Å². The van der Waals surface area contributed by atoms with Crippen LogP contribution in [-0.4, -0.2) is 11.7 Å². The first-order valence-electron chi connectivity index (χ1n) is 6.47. The van der Waals surface area contributed by atoms with Crippen molar-refractivity contribution in [2.75, 3.05) is 6.61 Å². The first kappa shape index (κ1) is 15.4. The molecule has 0 spiro atoms. The zero-order chi connectivity index (χ0) is 15.1. The van der Waals surface area contributed by atoms with E-state index in [9.17, 15) is 4.39 Å². The second-order valence-corrected chi connectivity index (χ2v) is 4.68. The Labute approximate surface area is 128 Å². The molecule has 0 saturated carbocycles. The fraction of sp³-hybridized carbons (Fsp3) is 0.176. The highest BCUT2D eigenvalue weighted by Crippen LogP contribution is 2.28. The Bertz CT molecular complexity index is 654. The van der Waals surface area contributed by atoms with E-state index in [4.69, 9.17) is 21.4 Å². The number of ether oxygens (including phenoxy) is 1. The van der Waals surface area contributed by atoms with Gasteiger partial charge in [0.15, 0.2) is 11.6 Å². The van der Waals surface area contributed by atoms with Crippen LogP contribution in [0.15, 0.2) is 42.5 Å². The van der Waals surface area contributed by atoms with Crippen LogP contribution in [-0.2, 0) is 6.61 Å². The fourth-order valence-electron chi connectivity index (χ4n) is 1.75. The molecule has 0 heterocycles. The summed E-state index contributed by atoms with van der Waals surface area (Å²) in [5.41, 5.74) is 1.63. The second-order valence-electron chi connectivity index (χ2n) is 4.27. The number of rotatable bonds is 4. The molecular weight excluding hydrogens is 291 g/mol. The molecule has 0 aliphatic carbocycles. The molecule has 0 radical (unpaired) electrons. The molecule has 0 bridgehead atoms. The lowest BCUT2D eigenvalue weighted by Crippen LogP contribution is -2.00. The molecular formula is C17H14ClFO2. The standard InChI is InChI=1S/C17H14ClFO2/c18-15-9-5-10-16(19)17(15)21-12-14-8-2-1-6-13(14)7-3-4-11-20/h1-2,5-6,8-10,20H,4,11-12H2. The van der Waals surface area contributed by atoms with Crippen LogP contribution in [0, 0.1) is 17.7 Å². The molecule has 0 aromatic heterocycles. The maximum Gasteiger partial charge on any atom is 0.174 e. The van der Waals surface area contributed by atoms with Gasteiger partial charge >= 0.3 is 0 Å². The van der Waals surface area contributed by atoms with E-state index in [1.807, 2.05) is 24.3 Å². The van der Waals surface area contributed by atoms with Crippen LogP contribution in [0.5, 0.6) is 5.75 Å². The van der Waals surface area contributed by atoms with Gasteiger partial charge in [-0.05, 0) is 18.2 Å². The van der Waals surface area contributed by atoms with E-state index in [2.05, 4.69) is 11.8 Å². The van der Waals surface area contributed by atoms with Crippen molar-refractivity contribution in [3.05, 3.63) is 64.4 Å². The maximum absolute atomic E-state index is 13.6. The zero-order valence-corrected chi connectivity index (χ0v) is 12.0. The molecule has 2 nitrogen and oxygen atoms in total. The molecule has 0 aliphatic heterocycles. The van der Waals surface area contributed by atoms with Crippen molar-refractivity contribution in [2.24, 2.45) is 0 Å². The summed E-state index contributed by atoms with van der Waals surface area (Å²) in [7, 11) is 0. The van der Waals surface area contributed by atoms with E-state index in [0.717, 1.165) is 11.1 Å². The third kappa shape index (κ3) is 4.22. The quantitative estimate of drug-likeness (QED) is 0.871. The van der Waals surface area contributed by atoms with Gasteiger partial charge in [0.1, 0.15) is 6.61 Å². The van der Waals surface area contributed by atoms with Gasteiger partial charge in [0.25, 0.3) is 0 Å². The van der Waals surface area contributed by atoms with Crippen molar-refractivity contribution >= 4 is 11.6 Å². The molecule has 0 fully saturated rings. The van der Waals surface area contributed by atoms with Gasteiger partial charge in [-0.1, -0.05) is 47.7 Å². The fourth-order valence-corrected chi connectivity index (χ4v) is 1.97. The lowest BCUT2D eigenvalue weighted by molar-refractivity contribution is 0.290. The van der Waals surface area contributed by atoms with Gasteiger partial charge in [-0.2, -0.15) is 0 Å². The van der Waals surface area contributed by atoms with Gasteiger partial charge < -0.3 is 9.84 Å². The first-order chi connectivity index (χ1) is 10.2. The van der Waals surface area contributed by atoms with E-state index in [1.54, 1.807) is 6.07 Å². The number of hydrogen-bond acceptors (Lipinski definition) is 2. The van der Waals surface area contributed by atoms with Crippen molar-refractivity contribution in [1.29, 1.82) is 0 Å². The van der Waals surface area contributed by atoms with Crippen molar-refractivity contribution in [2.45, 2.75) is 13.0 Å². The summed E-state index contributed by atoms with van der Waals surface area (Å²) in [4.78, 5) is 0. The molecule has 0 amide bonds. The van der Waals surface area contributed by atoms with E-state index in [0.29, 0.717) is 6.42 Å². The van der Waals surface area contributed by atoms with Gasteiger partial charge in [-0.25, -0.2) is 4.39 Å². The Hall–Kier alpha value is -2.02. The normalized spacial score (nSPS) is 9.86. The minimum atomic E-state index is -0.494. The number of aliphatic hydroxyl groups excluding tert-OH is 1. The van der Waals surface area contributed by atoms with Crippen molar-refractivity contribution < 1.29 is 14.2 Å². The van der Waals surface area contributed by atoms with Crippen LogP contribution in [0.1, 0.15) is 17.5 Å². The van der Waals surface area contributed by atoms with E-state index < -0.39 is 5.82 Å². The highest BCUT2D eigenvalue weighted by Gasteiger charge is 2.09. The third-order valence-electron chi connectivity index (χ3n) is 2.77. The Morgan fingerprint density at radius 3 is 2.71 bits per heavy atom. The topological polar surface area (TPSA) is 29.5 Å². The molecule has 1 N–H and O–H groups in total. The maximum atomic E-state index is 13.6. The number of halogens is 2. The minimum absolute atomic E-state index is 0.0243. The van der Waals surface area contributed by atoms with Gasteiger partial charge in [0.2, 0.25) is 0 Å². The summed E-state index contributed by atoms with van der Waals surface area (Å²) in [5, 5.41) is 8.98. The van der Waals surface area contributed by atoms with Crippen molar-refractivity contribution in [3.8, 4) is 17.6 Å². The second kappa shape index (κ2) is 7.68. The molecule has 21 heavy (non-hydrogen) atoms. The Morgan fingerprint density at radius 1 is 1.14 bits per heavy atom. The Kier molecular flexibility index (Phi) is 5.62. The molecule has 4 heteroatoms. The van der Waals surface area contributed by atoms with Crippen LogP contribution < -0.4 is 4.74 Å². The lowest BCUT2D eigenvalue weighted by atomic mass is 10.1. The molecule has 0 unspecified atom stereocenters. The van der Waals surface area contributed by atoms with Gasteiger partial charge in [0, 0.05) is 17.5 Å². The summed E-state index contributed by atoms with van der Waals surface area (Å²) >= 11 is 5.92. The molecule has 2 rings (SSSR count). The summed E-state index contributed by atoms with van der Waals surface area (Å²) in [6.45, 7) is 0.196. The van der Waals surface area contributed by atoms with Gasteiger partial charge in [-0.15, -0.1) is 0 Å². The zero-order valence-electron chi connectivity index (χ0n) is 11.3. The predicted molar refractivity (Wildman–Crippen MR) is 80.8 cm³/mol. The monoisotopic (exact) mass is 304 g/mol. The molecule has 0 saturated heterocycles. The highest BCUT2D eigenvalue weighted by atomic mass is 35.5. The molecule has 0 aliphatic rings. The first-order valence-corrected chi connectivity index (χ1v) is 6.84. The third-order valence-corrected chi connectivity index (χ3v) is 3.07. The predicted octanol–water partition coefficient (Wildman–Crippen LogP) is 3.79. The Morgan fingerprint density at radius 2 is 1.95 bits per heavy atom. The lowest BCUT2D eigenvalue weighted by Gasteiger charge is -2.10. The summed E-state index contributed by atoms with van der Waals surface area (Å²) < 4.78 is 19.1. The molecule has 0 atom stereocenters. The average Bonchev–Trinajstić information content (AvgIpc) is 2.48. The van der Waals surface area contributed by atoms with Crippen LogP contribution in [0.2, 0.25) is 5.02 Å². The summed E-state index contributed by atoms with van der Waals surface area (Å²) in [6.07, 6.45) is 0.411. The van der Waals surface area contributed by atoms with Gasteiger partial charge in [-0.3, -0.25) is 0 Å². The van der Waals surface area contributed by atoms with Crippen molar-refractivity contribution in [3.63, 3.8) is 0 Å². The van der Waals surface area contributed by atoms with Gasteiger partial charge in [0.05, 0.1) is 11.6 Å². The smallest absolute Gasteiger partial charge is 0.174 e. The van der Waals surface area contributed by atoms with E-state index in [1.165, 1.54) is 12.1 Å².